The Morgan fingerprint density at radius 2 is 1.44 bits per heavy atom. The van der Waals surface area contributed by atoms with Crippen LogP contribution >= 0.6 is 8.38 Å². The Morgan fingerprint density at radius 3 is 1.88 bits per heavy atom. The van der Waals surface area contributed by atoms with Crippen LogP contribution in [0.4, 0.5) is 0 Å². The summed E-state index contributed by atoms with van der Waals surface area (Å²) in [5.74, 6) is 0. The number of hydrogen-bond acceptors (Lipinski definition) is 2. The molecule has 0 aromatic heterocycles. The van der Waals surface area contributed by atoms with E-state index in [1.165, 1.54) is 10.9 Å². The highest BCUT2D eigenvalue weighted by Gasteiger charge is 2.18. The maximum Gasteiger partial charge on any atom is 0.205 e. The van der Waals surface area contributed by atoms with Gasteiger partial charge in [0.15, 0.2) is 0 Å². The largest absolute Gasteiger partial charge is 0.328 e. The standard InChI is InChI=1S/C13H21O2P/c1-10(2)14-16(15-11(3)4)13-9-7-6-8-12(13)5/h6-11H,1-5H3. The predicted molar refractivity (Wildman–Crippen MR) is 70.2 cm³/mol. The summed E-state index contributed by atoms with van der Waals surface area (Å²) in [4.78, 5) is 0. The van der Waals surface area contributed by atoms with Crippen molar-refractivity contribution in [2.45, 2.75) is 46.8 Å². The molecule has 0 aliphatic rings. The van der Waals surface area contributed by atoms with Crippen LogP contribution in [-0.2, 0) is 9.05 Å². The van der Waals surface area contributed by atoms with Gasteiger partial charge in [0.05, 0.1) is 12.2 Å². The highest BCUT2D eigenvalue weighted by Crippen LogP contribution is 2.40. The lowest BCUT2D eigenvalue weighted by Gasteiger charge is -2.23. The van der Waals surface area contributed by atoms with Gasteiger partial charge in [-0.3, -0.25) is 0 Å². The second-order valence-corrected chi connectivity index (χ2v) is 5.77. The zero-order valence-electron chi connectivity index (χ0n) is 10.7. The highest BCUT2D eigenvalue weighted by atomic mass is 31.2. The first-order valence-corrected chi connectivity index (χ1v) is 6.87. The lowest BCUT2D eigenvalue weighted by molar-refractivity contribution is 0.183. The van der Waals surface area contributed by atoms with Gasteiger partial charge in [-0.25, -0.2) is 0 Å². The third-order valence-electron chi connectivity index (χ3n) is 1.93. The Kier molecular flexibility index (Phi) is 5.40. The Hall–Kier alpha value is -0.430. The lowest BCUT2D eigenvalue weighted by Crippen LogP contribution is -2.15. The first kappa shape index (κ1) is 13.6. The Bertz CT molecular complexity index is 313. The Balaban J connectivity index is 2.87. The van der Waals surface area contributed by atoms with Gasteiger partial charge in [-0.15, -0.1) is 0 Å². The van der Waals surface area contributed by atoms with Crippen molar-refractivity contribution in [2.24, 2.45) is 0 Å². The van der Waals surface area contributed by atoms with Crippen molar-refractivity contribution in [3.8, 4) is 0 Å². The SMILES string of the molecule is Cc1ccccc1P(OC(C)C)OC(C)C. The molecule has 0 fully saturated rings. The summed E-state index contributed by atoms with van der Waals surface area (Å²) in [6.07, 6.45) is 0.369. The monoisotopic (exact) mass is 240 g/mol. The Morgan fingerprint density at radius 1 is 0.938 bits per heavy atom. The normalized spacial score (nSPS) is 11.8. The van der Waals surface area contributed by atoms with Gasteiger partial charge in [-0.2, -0.15) is 0 Å². The van der Waals surface area contributed by atoms with Crippen molar-refractivity contribution in [2.75, 3.05) is 0 Å². The molecule has 0 heterocycles. The smallest absolute Gasteiger partial charge is 0.205 e. The molecule has 0 aliphatic carbocycles. The van der Waals surface area contributed by atoms with Crippen LogP contribution in [0.3, 0.4) is 0 Å². The summed E-state index contributed by atoms with van der Waals surface area (Å²) in [5.41, 5.74) is 1.23. The highest BCUT2D eigenvalue weighted by molar-refractivity contribution is 7.56. The van der Waals surface area contributed by atoms with E-state index in [1.807, 2.05) is 39.8 Å². The molecule has 1 aromatic carbocycles. The summed E-state index contributed by atoms with van der Waals surface area (Å²) in [6.45, 7) is 10.3. The predicted octanol–water partition coefficient (Wildman–Crippen LogP) is 3.78. The molecule has 0 atom stereocenters. The fourth-order valence-electron chi connectivity index (χ4n) is 1.29. The molecule has 1 aromatic rings. The van der Waals surface area contributed by atoms with Crippen molar-refractivity contribution in [1.82, 2.24) is 0 Å². The maximum absolute atomic E-state index is 5.87. The minimum absolute atomic E-state index is 0.185. The van der Waals surface area contributed by atoms with E-state index in [9.17, 15) is 0 Å². The first-order valence-electron chi connectivity index (χ1n) is 5.70. The van der Waals surface area contributed by atoms with Gasteiger partial charge in [0.1, 0.15) is 0 Å². The quantitative estimate of drug-likeness (QED) is 0.729. The third kappa shape index (κ3) is 4.21. The van der Waals surface area contributed by atoms with E-state index in [4.69, 9.17) is 9.05 Å². The van der Waals surface area contributed by atoms with Gasteiger partial charge in [0, 0.05) is 5.30 Å². The van der Waals surface area contributed by atoms with E-state index in [1.54, 1.807) is 0 Å². The molecule has 16 heavy (non-hydrogen) atoms. The summed E-state index contributed by atoms with van der Waals surface area (Å²) in [5, 5.41) is 1.18. The van der Waals surface area contributed by atoms with Crippen LogP contribution in [0, 0.1) is 6.92 Å². The fraction of sp³-hybridized carbons (Fsp3) is 0.538. The van der Waals surface area contributed by atoms with Gasteiger partial charge >= 0.3 is 0 Å². The zero-order chi connectivity index (χ0) is 12.1. The number of benzene rings is 1. The maximum atomic E-state index is 5.87. The lowest BCUT2D eigenvalue weighted by atomic mass is 10.2. The van der Waals surface area contributed by atoms with Crippen LogP contribution in [0.25, 0.3) is 0 Å². The molecule has 2 nitrogen and oxygen atoms in total. The molecular formula is C13H21O2P. The molecule has 0 N–H and O–H groups in total. The molecule has 3 heteroatoms. The summed E-state index contributed by atoms with van der Waals surface area (Å²) < 4.78 is 11.7. The zero-order valence-corrected chi connectivity index (χ0v) is 11.6. The van der Waals surface area contributed by atoms with Gasteiger partial charge < -0.3 is 9.05 Å². The minimum Gasteiger partial charge on any atom is -0.328 e. The van der Waals surface area contributed by atoms with Crippen molar-refractivity contribution in [3.63, 3.8) is 0 Å². The number of hydrogen-bond donors (Lipinski definition) is 0. The molecule has 90 valence electrons. The van der Waals surface area contributed by atoms with E-state index in [-0.39, 0.29) is 12.2 Å². The summed E-state index contributed by atoms with van der Waals surface area (Å²) in [7, 11) is -0.956. The topological polar surface area (TPSA) is 18.5 Å². The molecule has 0 bridgehead atoms. The molecule has 1 rings (SSSR count). The van der Waals surface area contributed by atoms with E-state index in [0.717, 1.165) is 0 Å². The molecule has 0 saturated heterocycles. The summed E-state index contributed by atoms with van der Waals surface area (Å²) >= 11 is 0. The number of rotatable bonds is 5. The second-order valence-electron chi connectivity index (χ2n) is 4.35. The molecular weight excluding hydrogens is 219 g/mol. The van der Waals surface area contributed by atoms with Crippen molar-refractivity contribution in [1.29, 1.82) is 0 Å². The Labute approximate surface area is 99.9 Å². The van der Waals surface area contributed by atoms with Crippen LogP contribution in [-0.4, -0.2) is 12.2 Å². The van der Waals surface area contributed by atoms with Crippen molar-refractivity contribution in [3.05, 3.63) is 29.8 Å². The van der Waals surface area contributed by atoms with Gasteiger partial charge in [0.2, 0.25) is 8.38 Å². The van der Waals surface area contributed by atoms with Crippen LogP contribution in [0.1, 0.15) is 33.3 Å². The van der Waals surface area contributed by atoms with E-state index in [0.29, 0.717) is 0 Å². The van der Waals surface area contributed by atoms with Crippen molar-refractivity contribution >= 4 is 13.7 Å². The average molecular weight is 240 g/mol. The van der Waals surface area contributed by atoms with Crippen molar-refractivity contribution < 1.29 is 9.05 Å². The average Bonchev–Trinajstić information content (AvgIpc) is 2.15. The van der Waals surface area contributed by atoms with Gasteiger partial charge in [-0.05, 0) is 46.2 Å². The van der Waals surface area contributed by atoms with Gasteiger partial charge in [-0.1, -0.05) is 18.2 Å². The molecule has 0 unspecified atom stereocenters. The molecule has 0 radical (unpaired) electrons. The van der Waals surface area contributed by atoms with Crippen LogP contribution in [0.15, 0.2) is 24.3 Å². The van der Waals surface area contributed by atoms with Gasteiger partial charge in [0.25, 0.3) is 0 Å². The molecule has 0 aliphatic heterocycles. The molecule has 0 saturated carbocycles. The summed E-state index contributed by atoms with van der Waals surface area (Å²) in [6, 6.07) is 8.26. The molecule has 0 amide bonds. The first-order chi connectivity index (χ1) is 7.50. The molecule has 0 spiro atoms. The van der Waals surface area contributed by atoms with E-state index >= 15 is 0 Å². The van der Waals surface area contributed by atoms with E-state index < -0.39 is 8.38 Å². The van der Waals surface area contributed by atoms with Crippen LogP contribution in [0.2, 0.25) is 0 Å². The van der Waals surface area contributed by atoms with E-state index in [2.05, 4.69) is 19.1 Å². The number of aryl methyl sites for hydroxylation is 1. The van der Waals surface area contributed by atoms with Crippen LogP contribution in [0.5, 0.6) is 0 Å². The third-order valence-corrected chi connectivity index (χ3v) is 4.05. The minimum atomic E-state index is -0.956. The second kappa shape index (κ2) is 6.34. The fourth-order valence-corrected chi connectivity index (χ4v) is 2.90. The van der Waals surface area contributed by atoms with Crippen LogP contribution < -0.4 is 5.30 Å².